The summed E-state index contributed by atoms with van der Waals surface area (Å²) in [5.74, 6) is 0.695. The van der Waals surface area contributed by atoms with E-state index in [1.165, 1.54) is 0 Å². The topological polar surface area (TPSA) is 66.0 Å². The third-order valence-electron chi connectivity index (χ3n) is 4.68. The molecule has 0 amide bonds. The molecule has 0 bridgehead atoms. The molecule has 1 unspecified atom stereocenters. The van der Waals surface area contributed by atoms with Gasteiger partial charge in [0.25, 0.3) is 0 Å². The standard InChI is InChI=1S/C23H22N4O/c1-27-16-21(20-4-2-3-5-22(20)27)23(13-24)28-19-12-18(14-26-15-19)7-6-17-8-10-25-11-9-17/h2-12,14-16,23H,13,24H2,1H3/b7-6+. The smallest absolute Gasteiger partial charge is 0.139 e. The van der Waals surface area contributed by atoms with Gasteiger partial charge in [-0.15, -0.1) is 0 Å². The molecule has 0 aliphatic heterocycles. The minimum atomic E-state index is -0.243. The number of aromatic nitrogens is 3. The zero-order valence-electron chi connectivity index (χ0n) is 15.7. The van der Waals surface area contributed by atoms with Gasteiger partial charge in [-0.1, -0.05) is 30.4 Å². The highest BCUT2D eigenvalue weighted by molar-refractivity contribution is 5.84. The second kappa shape index (κ2) is 8.06. The van der Waals surface area contributed by atoms with Gasteiger partial charge in [-0.05, 0) is 35.4 Å². The van der Waals surface area contributed by atoms with Crippen LogP contribution in [0, 0.1) is 0 Å². The number of nitrogens with zero attached hydrogens (tertiary/aromatic N) is 3. The molecule has 4 rings (SSSR count). The Morgan fingerprint density at radius 2 is 1.82 bits per heavy atom. The highest BCUT2D eigenvalue weighted by Crippen LogP contribution is 2.29. The fraction of sp³-hybridized carbons (Fsp3) is 0.130. The average Bonchev–Trinajstić information content (AvgIpc) is 3.08. The molecule has 1 atom stereocenters. The van der Waals surface area contributed by atoms with E-state index < -0.39 is 0 Å². The van der Waals surface area contributed by atoms with Gasteiger partial charge in [-0.3, -0.25) is 9.97 Å². The van der Waals surface area contributed by atoms with Crippen LogP contribution in [-0.2, 0) is 7.05 Å². The van der Waals surface area contributed by atoms with Crippen LogP contribution in [0.4, 0.5) is 0 Å². The summed E-state index contributed by atoms with van der Waals surface area (Å²) in [6.07, 6.45) is 12.9. The zero-order valence-corrected chi connectivity index (χ0v) is 15.7. The van der Waals surface area contributed by atoms with E-state index in [2.05, 4.69) is 32.9 Å². The molecule has 3 aromatic heterocycles. The minimum absolute atomic E-state index is 0.243. The summed E-state index contributed by atoms with van der Waals surface area (Å²) in [7, 11) is 2.03. The van der Waals surface area contributed by atoms with Crippen molar-refractivity contribution >= 4 is 23.1 Å². The molecular weight excluding hydrogens is 348 g/mol. The first-order chi connectivity index (χ1) is 13.7. The van der Waals surface area contributed by atoms with Gasteiger partial charge in [0, 0.05) is 54.8 Å². The molecule has 0 saturated carbocycles. The highest BCUT2D eigenvalue weighted by atomic mass is 16.5. The molecule has 0 fully saturated rings. The molecule has 28 heavy (non-hydrogen) atoms. The second-order valence-electron chi connectivity index (χ2n) is 6.62. The van der Waals surface area contributed by atoms with Crippen LogP contribution in [0.3, 0.4) is 0 Å². The molecule has 0 aliphatic carbocycles. The maximum atomic E-state index is 6.22. The first-order valence-electron chi connectivity index (χ1n) is 9.18. The van der Waals surface area contributed by atoms with Gasteiger partial charge < -0.3 is 15.0 Å². The molecule has 0 radical (unpaired) electrons. The van der Waals surface area contributed by atoms with Crippen molar-refractivity contribution in [2.45, 2.75) is 6.10 Å². The van der Waals surface area contributed by atoms with Crippen LogP contribution >= 0.6 is 0 Å². The van der Waals surface area contributed by atoms with E-state index in [9.17, 15) is 0 Å². The second-order valence-corrected chi connectivity index (χ2v) is 6.62. The van der Waals surface area contributed by atoms with Crippen LogP contribution in [0.5, 0.6) is 5.75 Å². The summed E-state index contributed by atoms with van der Waals surface area (Å²) in [5, 5.41) is 1.15. The fourth-order valence-corrected chi connectivity index (χ4v) is 3.29. The maximum Gasteiger partial charge on any atom is 0.139 e. The Labute approximate surface area is 164 Å². The molecule has 140 valence electrons. The van der Waals surface area contributed by atoms with E-state index in [1.807, 2.05) is 49.5 Å². The summed E-state index contributed by atoms with van der Waals surface area (Å²) in [4.78, 5) is 8.34. The highest BCUT2D eigenvalue weighted by Gasteiger charge is 2.17. The van der Waals surface area contributed by atoms with E-state index in [1.54, 1.807) is 24.8 Å². The van der Waals surface area contributed by atoms with Gasteiger partial charge in [0.2, 0.25) is 0 Å². The van der Waals surface area contributed by atoms with Crippen molar-refractivity contribution in [1.82, 2.24) is 14.5 Å². The molecule has 5 nitrogen and oxygen atoms in total. The van der Waals surface area contributed by atoms with Gasteiger partial charge in [0.15, 0.2) is 0 Å². The van der Waals surface area contributed by atoms with Crippen molar-refractivity contribution < 1.29 is 4.74 Å². The van der Waals surface area contributed by atoms with Gasteiger partial charge in [-0.25, -0.2) is 0 Å². The molecular formula is C23H22N4O. The van der Waals surface area contributed by atoms with Crippen molar-refractivity contribution in [3.63, 3.8) is 0 Å². The van der Waals surface area contributed by atoms with Crippen LogP contribution in [0.25, 0.3) is 23.1 Å². The molecule has 0 saturated heterocycles. The third kappa shape index (κ3) is 3.80. The van der Waals surface area contributed by atoms with E-state index in [0.717, 1.165) is 27.6 Å². The van der Waals surface area contributed by atoms with Crippen LogP contribution < -0.4 is 10.5 Å². The zero-order chi connectivity index (χ0) is 19.3. The SMILES string of the molecule is Cn1cc(C(CN)Oc2cncc(/C=C/c3ccncc3)c2)c2ccccc21. The van der Waals surface area contributed by atoms with Crippen molar-refractivity contribution in [1.29, 1.82) is 0 Å². The molecule has 4 aromatic rings. The number of benzene rings is 1. The summed E-state index contributed by atoms with van der Waals surface area (Å²) >= 11 is 0. The number of nitrogens with two attached hydrogens (primary N) is 1. The minimum Gasteiger partial charge on any atom is -0.483 e. The number of para-hydroxylation sites is 1. The lowest BCUT2D eigenvalue weighted by Gasteiger charge is -2.17. The van der Waals surface area contributed by atoms with Crippen molar-refractivity contribution in [2.75, 3.05) is 6.54 Å². The first kappa shape index (κ1) is 17.9. The Kier molecular flexibility index (Phi) is 5.17. The summed E-state index contributed by atoms with van der Waals surface area (Å²) in [6, 6.07) is 14.1. The number of hydrogen-bond donors (Lipinski definition) is 1. The Morgan fingerprint density at radius 3 is 2.64 bits per heavy atom. The summed E-state index contributed by atoms with van der Waals surface area (Å²) in [5.41, 5.74) is 10.3. The normalized spacial score (nSPS) is 12.5. The number of aryl methyl sites for hydroxylation is 1. The third-order valence-corrected chi connectivity index (χ3v) is 4.68. The van der Waals surface area contributed by atoms with Crippen molar-refractivity contribution in [3.05, 3.63) is 90.1 Å². The van der Waals surface area contributed by atoms with Crippen LogP contribution in [0.1, 0.15) is 22.8 Å². The molecule has 1 aromatic carbocycles. The number of rotatable bonds is 6. The van der Waals surface area contributed by atoms with Gasteiger partial charge >= 0.3 is 0 Å². The number of hydrogen-bond acceptors (Lipinski definition) is 4. The molecule has 3 heterocycles. The predicted octanol–water partition coefficient (Wildman–Crippen LogP) is 4.22. The Hall–Kier alpha value is -3.44. The van der Waals surface area contributed by atoms with E-state index >= 15 is 0 Å². The number of pyridine rings is 2. The molecule has 0 aliphatic rings. The van der Waals surface area contributed by atoms with Crippen LogP contribution in [-0.4, -0.2) is 21.1 Å². The van der Waals surface area contributed by atoms with Gasteiger partial charge in [0.1, 0.15) is 11.9 Å². The molecule has 0 spiro atoms. The average molecular weight is 370 g/mol. The lowest BCUT2D eigenvalue weighted by Crippen LogP contribution is -2.18. The van der Waals surface area contributed by atoms with Crippen LogP contribution in [0.15, 0.2) is 73.4 Å². The lowest BCUT2D eigenvalue weighted by atomic mass is 10.1. The van der Waals surface area contributed by atoms with Crippen molar-refractivity contribution in [3.8, 4) is 5.75 Å². The summed E-state index contributed by atoms with van der Waals surface area (Å²) in [6.45, 7) is 0.380. The summed E-state index contributed by atoms with van der Waals surface area (Å²) < 4.78 is 8.32. The molecule has 2 N–H and O–H groups in total. The van der Waals surface area contributed by atoms with Crippen LogP contribution in [0.2, 0.25) is 0 Å². The van der Waals surface area contributed by atoms with Crippen molar-refractivity contribution in [2.24, 2.45) is 12.8 Å². The molecule has 5 heteroatoms. The Balaban J connectivity index is 1.58. The quantitative estimate of drug-likeness (QED) is 0.552. The Morgan fingerprint density at radius 1 is 1.04 bits per heavy atom. The lowest BCUT2D eigenvalue weighted by molar-refractivity contribution is 0.214. The van der Waals surface area contributed by atoms with Gasteiger partial charge in [0.05, 0.1) is 6.20 Å². The van der Waals surface area contributed by atoms with E-state index in [-0.39, 0.29) is 6.10 Å². The first-order valence-corrected chi connectivity index (χ1v) is 9.18. The Bertz CT molecular complexity index is 1100. The number of ether oxygens (including phenoxy) is 1. The monoisotopic (exact) mass is 370 g/mol. The van der Waals surface area contributed by atoms with Gasteiger partial charge in [-0.2, -0.15) is 0 Å². The van der Waals surface area contributed by atoms with E-state index in [0.29, 0.717) is 12.3 Å². The number of fused-ring (bicyclic) bond motifs is 1. The largest absolute Gasteiger partial charge is 0.483 e. The van der Waals surface area contributed by atoms with E-state index in [4.69, 9.17) is 10.5 Å². The predicted molar refractivity (Wildman–Crippen MR) is 113 cm³/mol. The maximum absolute atomic E-state index is 6.22. The fourth-order valence-electron chi connectivity index (χ4n) is 3.29.